The molecule has 0 spiro atoms. The largest absolute Gasteiger partial charge is 0.357 e. The molecule has 2 aliphatic rings. The minimum Gasteiger partial charge on any atom is -0.357 e. The average Bonchev–Trinajstić information content (AvgIpc) is 3.00. The standard InChI is InChI=1S/C15H26N6/c1-15(2)7-6-10-21(11-15)14-18-12(16-3)17-13(19-14)20-8-4-5-9-20/h4-11H2,1-3H3,(H,16,17,18,19). The molecule has 1 aromatic heterocycles. The van der Waals surface area contributed by atoms with Crippen LogP contribution in [0.1, 0.15) is 39.5 Å². The van der Waals surface area contributed by atoms with Gasteiger partial charge in [0.15, 0.2) is 0 Å². The molecule has 2 aliphatic heterocycles. The van der Waals surface area contributed by atoms with E-state index in [1.54, 1.807) is 0 Å². The van der Waals surface area contributed by atoms with E-state index in [9.17, 15) is 0 Å². The predicted octanol–water partition coefficient (Wildman–Crippen LogP) is 2.14. The number of hydrogen-bond acceptors (Lipinski definition) is 6. The van der Waals surface area contributed by atoms with Crippen LogP contribution >= 0.6 is 0 Å². The van der Waals surface area contributed by atoms with Crippen LogP contribution in [0.15, 0.2) is 0 Å². The van der Waals surface area contributed by atoms with Crippen LogP contribution in [0.5, 0.6) is 0 Å². The van der Waals surface area contributed by atoms with Crippen molar-refractivity contribution in [3.8, 4) is 0 Å². The molecule has 1 aromatic rings. The van der Waals surface area contributed by atoms with Gasteiger partial charge in [0.1, 0.15) is 0 Å². The molecule has 0 saturated carbocycles. The Morgan fingerprint density at radius 2 is 1.52 bits per heavy atom. The summed E-state index contributed by atoms with van der Waals surface area (Å²) in [6, 6.07) is 0. The molecule has 2 saturated heterocycles. The second kappa shape index (κ2) is 5.66. The number of nitrogens with zero attached hydrogens (tertiary/aromatic N) is 5. The van der Waals surface area contributed by atoms with Gasteiger partial charge in [-0.25, -0.2) is 0 Å². The van der Waals surface area contributed by atoms with Crippen molar-refractivity contribution in [1.29, 1.82) is 0 Å². The van der Waals surface area contributed by atoms with Gasteiger partial charge in [-0.15, -0.1) is 0 Å². The second-order valence-electron chi connectivity index (χ2n) is 6.89. The Hall–Kier alpha value is -1.59. The van der Waals surface area contributed by atoms with Gasteiger partial charge in [-0.3, -0.25) is 0 Å². The van der Waals surface area contributed by atoms with E-state index < -0.39 is 0 Å². The quantitative estimate of drug-likeness (QED) is 0.920. The summed E-state index contributed by atoms with van der Waals surface area (Å²) in [6.07, 6.45) is 4.93. The minimum atomic E-state index is 0.332. The lowest BCUT2D eigenvalue weighted by atomic mass is 9.84. The van der Waals surface area contributed by atoms with Crippen LogP contribution in [0.3, 0.4) is 0 Å². The highest BCUT2D eigenvalue weighted by Crippen LogP contribution is 2.31. The Balaban J connectivity index is 1.88. The smallest absolute Gasteiger partial charge is 0.231 e. The Labute approximate surface area is 127 Å². The first-order valence-corrected chi connectivity index (χ1v) is 8.01. The molecule has 2 fully saturated rings. The van der Waals surface area contributed by atoms with E-state index in [4.69, 9.17) is 4.98 Å². The summed E-state index contributed by atoms with van der Waals surface area (Å²) in [7, 11) is 1.87. The third-order valence-electron chi connectivity index (χ3n) is 4.41. The molecule has 0 amide bonds. The zero-order valence-electron chi connectivity index (χ0n) is 13.4. The fraction of sp³-hybridized carbons (Fsp3) is 0.800. The first kappa shape index (κ1) is 14.4. The molecule has 0 unspecified atom stereocenters. The summed E-state index contributed by atoms with van der Waals surface area (Å²) < 4.78 is 0. The van der Waals surface area contributed by atoms with Gasteiger partial charge in [0.2, 0.25) is 17.8 Å². The summed E-state index contributed by atoms with van der Waals surface area (Å²) in [4.78, 5) is 18.4. The fourth-order valence-corrected chi connectivity index (χ4v) is 3.26. The van der Waals surface area contributed by atoms with E-state index in [-0.39, 0.29) is 0 Å². The number of rotatable bonds is 3. The van der Waals surface area contributed by atoms with Gasteiger partial charge in [0.05, 0.1) is 0 Å². The number of nitrogens with one attached hydrogen (secondary N) is 1. The maximum absolute atomic E-state index is 4.74. The van der Waals surface area contributed by atoms with Gasteiger partial charge < -0.3 is 15.1 Å². The third-order valence-corrected chi connectivity index (χ3v) is 4.41. The summed E-state index contributed by atoms with van der Waals surface area (Å²) in [5.74, 6) is 2.32. The van der Waals surface area contributed by atoms with Crippen LogP contribution in [0.25, 0.3) is 0 Å². The van der Waals surface area contributed by atoms with Crippen molar-refractivity contribution in [2.75, 3.05) is 48.3 Å². The van der Waals surface area contributed by atoms with Gasteiger partial charge in [-0.2, -0.15) is 15.0 Å². The minimum absolute atomic E-state index is 0.332. The van der Waals surface area contributed by atoms with Crippen LogP contribution in [-0.4, -0.2) is 48.2 Å². The van der Waals surface area contributed by atoms with Crippen LogP contribution < -0.4 is 15.1 Å². The lowest BCUT2D eigenvalue weighted by Gasteiger charge is -2.38. The molecule has 1 N–H and O–H groups in total. The number of hydrogen-bond donors (Lipinski definition) is 1. The first-order valence-electron chi connectivity index (χ1n) is 8.01. The summed E-state index contributed by atoms with van der Waals surface area (Å²) >= 11 is 0. The van der Waals surface area contributed by atoms with Crippen molar-refractivity contribution in [2.45, 2.75) is 39.5 Å². The molecule has 0 radical (unpaired) electrons. The molecule has 0 atom stereocenters. The van der Waals surface area contributed by atoms with Gasteiger partial charge in [-0.05, 0) is 31.1 Å². The van der Waals surface area contributed by atoms with E-state index in [1.807, 2.05) is 7.05 Å². The topological polar surface area (TPSA) is 57.2 Å². The van der Waals surface area contributed by atoms with E-state index in [2.05, 4.69) is 38.9 Å². The third kappa shape index (κ3) is 3.19. The lowest BCUT2D eigenvalue weighted by molar-refractivity contribution is 0.291. The predicted molar refractivity (Wildman–Crippen MR) is 86.0 cm³/mol. The van der Waals surface area contributed by atoms with Crippen molar-refractivity contribution in [3.63, 3.8) is 0 Å². The van der Waals surface area contributed by atoms with Gasteiger partial charge >= 0.3 is 0 Å². The highest BCUT2D eigenvalue weighted by atomic mass is 15.4. The normalized spacial score (nSPS) is 21.7. The SMILES string of the molecule is CNc1nc(N2CCCC2)nc(N2CCCC(C)(C)C2)n1. The summed E-state index contributed by atoms with van der Waals surface area (Å²) in [5, 5.41) is 3.08. The second-order valence-corrected chi connectivity index (χ2v) is 6.89. The zero-order chi connectivity index (χ0) is 14.9. The monoisotopic (exact) mass is 290 g/mol. The van der Waals surface area contributed by atoms with Crippen LogP contribution in [0.2, 0.25) is 0 Å². The van der Waals surface area contributed by atoms with Crippen LogP contribution in [0.4, 0.5) is 17.8 Å². The molecule has 116 valence electrons. The zero-order valence-corrected chi connectivity index (χ0v) is 13.4. The molecular formula is C15H26N6. The number of aromatic nitrogens is 3. The first-order chi connectivity index (χ1) is 10.1. The molecule has 6 heteroatoms. The highest BCUT2D eigenvalue weighted by molar-refractivity contribution is 5.45. The molecule has 21 heavy (non-hydrogen) atoms. The van der Waals surface area contributed by atoms with E-state index >= 15 is 0 Å². The maximum Gasteiger partial charge on any atom is 0.231 e. The Kier molecular flexibility index (Phi) is 3.87. The van der Waals surface area contributed by atoms with Gasteiger partial charge in [0, 0.05) is 33.2 Å². The van der Waals surface area contributed by atoms with Crippen molar-refractivity contribution in [3.05, 3.63) is 0 Å². The van der Waals surface area contributed by atoms with Crippen molar-refractivity contribution >= 4 is 17.8 Å². The molecule has 3 heterocycles. The number of piperidine rings is 1. The molecule has 3 rings (SSSR count). The summed E-state index contributed by atoms with van der Waals surface area (Å²) in [6.45, 7) is 8.80. The summed E-state index contributed by atoms with van der Waals surface area (Å²) in [5.41, 5.74) is 0.332. The average molecular weight is 290 g/mol. The molecule has 0 bridgehead atoms. The van der Waals surface area contributed by atoms with E-state index in [1.165, 1.54) is 25.7 Å². The highest BCUT2D eigenvalue weighted by Gasteiger charge is 2.29. The van der Waals surface area contributed by atoms with Crippen molar-refractivity contribution < 1.29 is 0 Å². The van der Waals surface area contributed by atoms with Crippen LogP contribution in [0, 0.1) is 5.41 Å². The van der Waals surface area contributed by atoms with Crippen LogP contribution in [-0.2, 0) is 0 Å². The van der Waals surface area contributed by atoms with E-state index in [0.29, 0.717) is 11.4 Å². The maximum atomic E-state index is 4.74. The number of anilines is 3. The Morgan fingerprint density at radius 1 is 0.905 bits per heavy atom. The van der Waals surface area contributed by atoms with Crippen molar-refractivity contribution in [1.82, 2.24) is 15.0 Å². The van der Waals surface area contributed by atoms with Gasteiger partial charge in [-0.1, -0.05) is 13.8 Å². The Morgan fingerprint density at radius 3 is 2.14 bits per heavy atom. The molecule has 0 aliphatic carbocycles. The molecule has 0 aromatic carbocycles. The van der Waals surface area contributed by atoms with Crippen molar-refractivity contribution in [2.24, 2.45) is 5.41 Å². The van der Waals surface area contributed by atoms with E-state index in [0.717, 1.165) is 38.1 Å². The molecule has 6 nitrogen and oxygen atoms in total. The lowest BCUT2D eigenvalue weighted by Crippen LogP contribution is -2.41. The van der Waals surface area contributed by atoms with Gasteiger partial charge in [0.25, 0.3) is 0 Å². The molecular weight excluding hydrogens is 264 g/mol. The Bertz CT molecular complexity index is 495. The fourth-order valence-electron chi connectivity index (χ4n) is 3.26.